The van der Waals surface area contributed by atoms with E-state index >= 15 is 0 Å². The Hall–Kier alpha value is -3.52. The Balaban J connectivity index is 1.55. The molecule has 4 rings (SSSR count). The molecule has 0 bridgehead atoms. The number of fused-ring (bicyclic) bond motifs is 1. The van der Waals surface area contributed by atoms with E-state index in [2.05, 4.69) is 20.3 Å². The summed E-state index contributed by atoms with van der Waals surface area (Å²) < 4.78 is 0. The number of carboxylic acids is 1. The molecule has 0 atom stereocenters. The molecule has 1 aromatic carbocycles. The molecule has 1 amide bonds. The third kappa shape index (κ3) is 3.42. The first-order chi connectivity index (χ1) is 13.1. The van der Waals surface area contributed by atoms with Gasteiger partial charge in [0, 0.05) is 12.7 Å². The first kappa shape index (κ1) is 16.9. The van der Waals surface area contributed by atoms with Crippen LogP contribution in [0.1, 0.15) is 25.6 Å². The molecule has 8 heteroatoms. The molecule has 0 aliphatic rings. The van der Waals surface area contributed by atoms with E-state index in [-0.39, 0.29) is 11.5 Å². The van der Waals surface area contributed by atoms with E-state index in [4.69, 9.17) is 0 Å². The van der Waals surface area contributed by atoms with Crippen molar-refractivity contribution in [1.29, 1.82) is 0 Å². The van der Waals surface area contributed by atoms with Crippen molar-refractivity contribution in [2.24, 2.45) is 0 Å². The van der Waals surface area contributed by atoms with Gasteiger partial charge in [0.2, 0.25) is 0 Å². The van der Waals surface area contributed by atoms with Crippen molar-refractivity contribution in [1.82, 2.24) is 20.3 Å². The minimum atomic E-state index is -1.07. The number of thiophene rings is 1. The van der Waals surface area contributed by atoms with Crippen LogP contribution >= 0.6 is 11.3 Å². The molecule has 4 aromatic rings. The molecule has 3 N–H and O–H groups in total. The van der Waals surface area contributed by atoms with Crippen molar-refractivity contribution in [3.05, 3.63) is 70.9 Å². The van der Waals surface area contributed by atoms with Crippen LogP contribution < -0.4 is 5.32 Å². The van der Waals surface area contributed by atoms with E-state index in [1.165, 1.54) is 17.5 Å². The van der Waals surface area contributed by atoms with Crippen molar-refractivity contribution in [2.75, 3.05) is 0 Å². The fraction of sp³-hybridized carbons (Fsp3) is 0.0526. The number of H-pyrrole nitrogens is 1. The molecular weight excluding hydrogens is 364 g/mol. The van der Waals surface area contributed by atoms with Crippen LogP contribution in [-0.4, -0.2) is 31.9 Å². The highest BCUT2D eigenvalue weighted by Gasteiger charge is 2.16. The average molecular weight is 378 g/mol. The summed E-state index contributed by atoms with van der Waals surface area (Å²) in [5.41, 5.74) is 2.32. The Morgan fingerprint density at radius 2 is 1.96 bits per heavy atom. The number of carbonyl (C=O) groups is 2. The highest BCUT2D eigenvalue weighted by Crippen LogP contribution is 2.28. The van der Waals surface area contributed by atoms with Gasteiger partial charge in [-0.1, -0.05) is 30.3 Å². The fourth-order valence-electron chi connectivity index (χ4n) is 2.64. The van der Waals surface area contributed by atoms with E-state index in [1.807, 2.05) is 30.3 Å². The standard InChI is InChI=1S/C19H14N4O3S/c24-18(22-8-11-4-2-1-3-5-11)15-7-6-14(27-15)13-10-21-17-16(23-13)12(9-20-17)19(25)26/h1-7,9-10H,8H2,(H,20,21)(H,22,24)(H,25,26). The van der Waals surface area contributed by atoms with Crippen LogP contribution in [0.25, 0.3) is 21.7 Å². The summed E-state index contributed by atoms with van der Waals surface area (Å²) in [6.07, 6.45) is 2.93. The molecule has 0 saturated carbocycles. The average Bonchev–Trinajstić information content (AvgIpc) is 3.33. The van der Waals surface area contributed by atoms with Gasteiger partial charge in [-0.05, 0) is 17.7 Å². The van der Waals surface area contributed by atoms with Gasteiger partial charge in [0.25, 0.3) is 5.91 Å². The Morgan fingerprint density at radius 3 is 2.74 bits per heavy atom. The summed E-state index contributed by atoms with van der Waals surface area (Å²) in [6, 6.07) is 13.2. The van der Waals surface area contributed by atoms with Gasteiger partial charge in [0.05, 0.1) is 21.6 Å². The number of nitrogens with one attached hydrogen (secondary N) is 2. The number of aromatic nitrogens is 3. The summed E-state index contributed by atoms with van der Waals surface area (Å²) in [5.74, 6) is -1.24. The summed E-state index contributed by atoms with van der Waals surface area (Å²) in [4.78, 5) is 36.3. The van der Waals surface area contributed by atoms with Gasteiger partial charge in [-0.3, -0.25) is 4.79 Å². The van der Waals surface area contributed by atoms with Crippen molar-refractivity contribution in [2.45, 2.75) is 6.54 Å². The zero-order valence-electron chi connectivity index (χ0n) is 14.0. The zero-order valence-corrected chi connectivity index (χ0v) is 14.8. The second-order valence-electron chi connectivity index (χ2n) is 5.79. The number of carbonyl (C=O) groups excluding carboxylic acids is 1. The zero-order chi connectivity index (χ0) is 18.8. The van der Waals surface area contributed by atoms with Crippen LogP contribution in [0.15, 0.2) is 54.9 Å². The minimum Gasteiger partial charge on any atom is -0.478 e. The summed E-state index contributed by atoms with van der Waals surface area (Å²) in [5, 5.41) is 12.1. The van der Waals surface area contributed by atoms with E-state index < -0.39 is 5.97 Å². The summed E-state index contributed by atoms with van der Waals surface area (Å²) in [7, 11) is 0. The van der Waals surface area contributed by atoms with Gasteiger partial charge >= 0.3 is 5.97 Å². The topological polar surface area (TPSA) is 108 Å². The number of carboxylic acid groups (broad SMARTS) is 1. The lowest BCUT2D eigenvalue weighted by molar-refractivity contribution is 0.0698. The van der Waals surface area contributed by atoms with E-state index in [1.54, 1.807) is 18.3 Å². The molecule has 0 unspecified atom stereocenters. The fourth-order valence-corrected chi connectivity index (χ4v) is 3.51. The smallest absolute Gasteiger partial charge is 0.339 e. The second kappa shape index (κ2) is 7.00. The predicted octanol–water partition coefficient (Wildman–Crippen LogP) is 3.31. The van der Waals surface area contributed by atoms with Crippen molar-refractivity contribution in [3.8, 4) is 10.6 Å². The number of nitrogens with zero attached hydrogens (tertiary/aromatic N) is 2. The minimum absolute atomic E-state index is 0.0664. The van der Waals surface area contributed by atoms with Gasteiger partial charge < -0.3 is 15.4 Å². The molecule has 0 saturated heterocycles. The van der Waals surface area contributed by atoms with Gasteiger partial charge in [-0.25, -0.2) is 14.8 Å². The SMILES string of the molecule is O=C(NCc1ccccc1)c1ccc(-c2cnc3[nH]cc(C(=O)O)c3n2)s1. The monoisotopic (exact) mass is 378 g/mol. The largest absolute Gasteiger partial charge is 0.478 e. The second-order valence-corrected chi connectivity index (χ2v) is 6.88. The predicted molar refractivity (Wildman–Crippen MR) is 102 cm³/mol. The lowest BCUT2D eigenvalue weighted by Gasteiger charge is -2.03. The van der Waals surface area contributed by atoms with Gasteiger partial charge in [0.1, 0.15) is 11.1 Å². The van der Waals surface area contributed by atoms with Crippen LogP contribution in [0.3, 0.4) is 0 Å². The molecule has 27 heavy (non-hydrogen) atoms. The quantitative estimate of drug-likeness (QED) is 0.494. The number of aromatic amines is 1. The van der Waals surface area contributed by atoms with Crippen LogP contribution in [-0.2, 0) is 6.54 Å². The Bertz CT molecular complexity index is 1130. The maximum atomic E-state index is 12.4. The normalized spacial score (nSPS) is 10.8. The highest BCUT2D eigenvalue weighted by atomic mass is 32.1. The van der Waals surface area contributed by atoms with Gasteiger partial charge in [-0.15, -0.1) is 11.3 Å². The molecule has 0 aliphatic heterocycles. The Kier molecular flexibility index (Phi) is 4.39. The third-order valence-corrected chi connectivity index (χ3v) is 5.10. The molecule has 0 radical (unpaired) electrons. The van der Waals surface area contributed by atoms with Crippen LogP contribution in [0, 0.1) is 0 Å². The van der Waals surface area contributed by atoms with Crippen molar-refractivity contribution in [3.63, 3.8) is 0 Å². The Morgan fingerprint density at radius 1 is 1.15 bits per heavy atom. The van der Waals surface area contributed by atoms with Crippen LogP contribution in [0.5, 0.6) is 0 Å². The molecular formula is C19H14N4O3S. The van der Waals surface area contributed by atoms with Crippen molar-refractivity contribution >= 4 is 34.4 Å². The van der Waals surface area contributed by atoms with E-state index in [0.717, 1.165) is 10.4 Å². The maximum absolute atomic E-state index is 12.4. The number of hydrogen-bond donors (Lipinski definition) is 3. The highest BCUT2D eigenvalue weighted by molar-refractivity contribution is 7.17. The number of amides is 1. The summed E-state index contributed by atoms with van der Waals surface area (Å²) in [6.45, 7) is 0.448. The molecule has 0 fully saturated rings. The van der Waals surface area contributed by atoms with Crippen molar-refractivity contribution < 1.29 is 14.7 Å². The lowest BCUT2D eigenvalue weighted by atomic mass is 10.2. The number of aromatic carboxylic acids is 1. The molecule has 0 spiro atoms. The molecule has 0 aliphatic carbocycles. The number of hydrogen-bond acceptors (Lipinski definition) is 5. The lowest BCUT2D eigenvalue weighted by Crippen LogP contribution is -2.21. The molecule has 134 valence electrons. The van der Waals surface area contributed by atoms with Gasteiger partial charge in [-0.2, -0.15) is 0 Å². The first-order valence-corrected chi connectivity index (χ1v) is 8.93. The molecule has 3 aromatic heterocycles. The first-order valence-electron chi connectivity index (χ1n) is 8.11. The molecule has 7 nitrogen and oxygen atoms in total. The van der Waals surface area contributed by atoms with E-state index in [9.17, 15) is 14.7 Å². The number of benzene rings is 1. The number of rotatable bonds is 5. The van der Waals surface area contributed by atoms with Crippen LogP contribution in [0.2, 0.25) is 0 Å². The van der Waals surface area contributed by atoms with Gasteiger partial charge in [0.15, 0.2) is 5.65 Å². The maximum Gasteiger partial charge on any atom is 0.339 e. The summed E-state index contributed by atoms with van der Waals surface area (Å²) >= 11 is 1.28. The Labute approximate surface area is 157 Å². The van der Waals surface area contributed by atoms with E-state index in [0.29, 0.717) is 28.3 Å². The van der Waals surface area contributed by atoms with Crippen LogP contribution in [0.4, 0.5) is 0 Å². The third-order valence-electron chi connectivity index (χ3n) is 3.99. The molecule has 3 heterocycles.